The van der Waals surface area contributed by atoms with E-state index in [9.17, 15) is 22.8 Å². The molecular formula is C18H17NO7S. The van der Waals surface area contributed by atoms with Crippen LogP contribution in [-0.4, -0.2) is 26.3 Å². The monoisotopic (exact) mass is 391 g/mol. The highest BCUT2D eigenvalue weighted by Crippen LogP contribution is 2.33. The van der Waals surface area contributed by atoms with Crippen LogP contribution >= 0.6 is 0 Å². The third-order valence-electron chi connectivity index (χ3n) is 3.20. The summed E-state index contributed by atoms with van der Waals surface area (Å²) >= 11 is 0. The first-order valence-corrected chi connectivity index (χ1v) is 9.21. The van der Waals surface area contributed by atoms with Gasteiger partial charge in [0.2, 0.25) is 15.7 Å². The van der Waals surface area contributed by atoms with E-state index in [0.717, 1.165) is 13.0 Å². The van der Waals surface area contributed by atoms with Gasteiger partial charge in [0.25, 0.3) is 0 Å². The standard InChI is InChI=1S/C18H17NO7S/c1-11(20)19-14-4-7-16(8-5-14)27(23,24)18-10-15(25-12(2)21)6-9-17(18)26-13(3)22/h4-10H,1-3H3,(H,19,20). The average molecular weight is 391 g/mol. The van der Waals surface area contributed by atoms with Gasteiger partial charge in [0.05, 0.1) is 4.90 Å². The Morgan fingerprint density at radius 2 is 1.44 bits per heavy atom. The Morgan fingerprint density at radius 3 is 1.96 bits per heavy atom. The molecule has 2 aromatic carbocycles. The lowest BCUT2D eigenvalue weighted by Crippen LogP contribution is -2.10. The van der Waals surface area contributed by atoms with E-state index in [-0.39, 0.29) is 27.2 Å². The number of rotatable bonds is 5. The summed E-state index contributed by atoms with van der Waals surface area (Å²) in [6.45, 7) is 3.64. The van der Waals surface area contributed by atoms with Crippen molar-refractivity contribution < 1.29 is 32.3 Å². The minimum atomic E-state index is -4.10. The highest BCUT2D eigenvalue weighted by atomic mass is 32.2. The molecule has 2 rings (SSSR count). The summed E-state index contributed by atoms with van der Waals surface area (Å²) in [5.41, 5.74) is 0.426. The van der Waals surface area contributed by atoms with Crippen molar-refractivity contribution in [2.45, 2.75) is 30.6 Å². The van der Waals surface area contributed by atoms with Gasteiger partial charge in [-0.05, 0) is 36.4 Å². The molecule has 0 bridgehead atoms. The van der Waals surface area contributed by atoms with Gasteiger partial charge in [0.1, 0.15) is 16.4 Å². The summed E-state index contributed by atoms with van der Waals surface area (Å²) in [6, 6.07) is 9.12. The zero-order valence-electron chi connectivity index (χ0n) is 14.8. The molecule has 0 aliphatic heterocycles. The number of benzene rings is 2. The molecule has 9 heteroatoms. The van der Waals surface area contributed by atoms with Crippen molar-refractivity contribution in [3.63, 3.8) is 0 Å². The fourth-order valence-electron chi connectivity index (χ4n) is 2.21. The highest BCUT2D eigenvalue weighted by Gasteiger charge is 2.24. The molecular weight excluding hydrogens is 374 g/mol. The molecule has 0 spiro atoms. The number of esters is 2. The van der Waals surface area contributed by atoms with E-state index >= 15 is 0 Å². The van der Waals surface area contributed by atoms with Crippen molar-refractivity contribution in [2.24, 2.45) is 0 Å². The van der Waals surface area contributed by atoms with E-state index in [0.29, 0.717) is 5.69 Å². The van der Waals surface area contributed by atoms with Crippen molar-refractivity contribution in [2.75, 3.05) is 5.32 Å². The third-order valence-corrected chi connectivity index (χ3v) is 5.00. The van der Waals surface area contributed by atoms with Gasteiger partial charge in [-0.15, -0.1) is 0 Å². The molecule has 0 atom stereocenters. The fraction of sp³-hybridized carbons (Fsp3) is 0.167. The molecule has 0 aromatic heterocycles. The predicted octanol–water partition coefficient (Wildman–Crippen LogP) is 2.33. The molecule has 0 aliphatic carbocycles. The maximum Gasteiger partial charge on any atom is 0.308 e. The lowest BCUT2D eigenvalue weighted by molar-refractivity contribution is -0.133. The Bertz CT molecular complexity index is 995. The van der Waals surface area contributed by atoms with Crippen molar-refractivity contribution >= 4 is 33.4 Å². The summed E-state index contributed by atoms with van der Waals surface area (Å²) < 4.78 is 35.9. The van der Waals surface area contributed by atoms with E-state index in [1.807, 2.05) is 0 Å². The molecule has 0 unspecified atom stereocenters. The molecule has 8 nitrogen and oxygen atoms in total. The first-order chi connectivity index (χ1) is 12.6. The van der Waals surface area contributed by atoms with Gasteiger partial charge < -0.3 is 14.8 Å². The van der Waals surface area contributed by atoms with Crippen LogP contribution in [-0.2, 0) is 24.2 Å². The van der Waals surface area contributed by atoms with Gasteiger partial charge >= 0.3 is 11.9 Å². The summed E-state index contributed by atoms with van der Waals surface area (Å²) in [4.78, 5) is 33.1. The largest absolute Gasteiger partial charge is 0.427 e. The number of nitrogens with one attached hydrogen (secondary N) is 1. The highest BCUT2D eigenvalue weighted by molar-refractivity contribution is 7.91. The van der Waals surface area contributed by atoms with Crippen molar-refractivity contribution in [1.82, 2.24) is 0 Å². The van der Waals surface area contributed by atoms with Gasteiger partial charge in [-0.3, -0.25) is 14.4 Å². The van der Waals surface area contributed by atoms with Crippen LogP contribution in [0.15, 0.2) is 52.3 Å². The SMILES string of the molecule is CC(=O)Nc1ccc(S(=O)(=O)c2cc(OC(C)=O)ccc2OC(C)=O)cc1. The molecule has 0 saturated carbocycles. The average Bonchev–Trinajstić information content (AvgIpc) is 2.55. The molecule has 2 aromatic rings. The summed E-state index contributed by atoms with van der Waals surface area (Å²) in [6.07, 6.45) is 0. The number of sulfone groups is 1. The molecule has 1 amide bonds. The van der Waals surface area contributed by atoms with Gasteiger partial charge in [-0.25, -0.2) is 8.42 Å². The maximum absolute atomic E-state index is 13.0. The summed E-state index contributed by atoms with van der Waals surface area (Å²) in [5, 5.41) is 2.53. The van der Waals surface area contributed by atoms with Crippen LogP contribution in [0.1, 0.15) is 20.8 Å². The first-order valence-electron chi connectivity index (χ1n) is 7.73. The van der Waals surface area contributed by atoms with Crippen molar-refractivity contribution in [1.29, 1.82) is 0 Å². The normalized spacial score (nSPS) is 10.8. The van der Waals surface area contributed by atoms with E-state index in [1.165, 1.54) is 50.2 Å². The van der Waals surface area contributed by atoms with E-state index in [4.69, 9.17) is 9.47 Å². The minimum Gasteiger partial charge on any atom is -0.427 e. The van der Waals surface area contributed by atoms with Crippen LogP contribution in [0.4, 0.5) is 5.69 Å². The van der Waals surface area contributed by atoms with E-state index in [1.54, 1.807) is 0 Å². The third kappa shape index (κ3) is 5.14. The molecule has 142 valence electrons. The summed E-state index contributed by atoms with van der Waals surface area (Å²) in [5.74, 6) is -1.82. The maximum atomic E-state index is 13.0. The fourth-order valence-corrected chi connectivity index (χ4v) is 3.61. The van der Waals surface area contributed by atoms with Gasteiger partial charge in [-0.1, -0.05) is 0 Å². The number of hydrogen-bond donors (Lipinski definition) is 1. The Hall–Kier alpha value is -3.20. The zero-order chi connectivity index (χ0) is 20.2. The molecule has 27 heavy (non-hydrogen) atoms. The number of carbonyl (C=O) groups is 3. The number of ether oxygens (including phenoxy) is 2. The van der Waals surface area contributed by atoms with Crippen LogP contribution < -0.4 is 14.8 Å². The lowest BCUT2D eigenvalue weighted by Gasteiger charge is -2.12. The second-order valence-electron chi connectivity index (χ2n) is 5.50. The molecule has 0 fully saturated rings. The Labute approximate surface area is 156 Å². The molecule has 1 N–H and O–H groups in total. The minimum absolute atomic E-state index is 0.00755. The zero-order valence-corrected chi connectivity index (χ0v) is 15.6. The number of carbonyl (C=O) groups excluding carboxylic acids is 3. The Kier molecular flexibility index (Phi) is 5.96. The first kappa shape index (κ1) is 20.1. The van der Waals surface area contributed by atoms with Gasteiger partial charge in [0, 0.05) is 32.5 Å². The second-order valence-corrected chi connectivity index (χ2v) is 7.42. The smallest absolute Gasteiger partial charge is 0.308 e. The molecule has 0 radical (unpaired) electrons. The van der Waals surface area contributed by atoms with Crippen LogP contribution in [0, 0.1) is 0 Å². The number of amides is 1. The van der Waals surface area contributed by atoms with Crippen LogP contribution in [0.25, 0.3) is 0 Å². The lowest BCUT2D eigenvalue weighted by atomic mass is 10.3. The predicted molar refractivity (Wildman–Crippen MR) is 95.3 cm³/mol. The second kappa shape index (κ2) is 8.00. The Morgan fingerprint density at radius 1 is 0.852 bits per heavy atom. The van der Waals surface area contributed by atoms with Gasteiger partial charge in [-0.2, -0.15) is 0 Å². The van der Waals surface area contributed by atoms with Crippen LogP contribution in [0.3, 0.4) is 0 Å². The number of anilines is 1. The topological polar surface area (TPSA) is 116 Å². The van der Waals surface area contributed by atoms with Crippen molar-refractivity contribution in [3.8, 4) is 11.5 Å². The molecule has 0 saturated heterocycles. The number of hydrogen-bond acceptors (Lipinski definition) is 7. The quantitative estimate of drug-likeness (QED) is 0.614. The Balaban J connectivity index is 2.52. The van der Waals surface area contributed by atoms with Crippen LogP contribution in [0.2, 0.25) is 0 Å². The van der Waals surface area contributed by atoms with E-state index < -0.39 is 21.8 Å². The van der Waals surface area contributed by atoms with E-state index in [2.05, 4.69) is 5.32 Å². The van der Waals surface area contributed by atoms with Crippen molar-refractivity contribution in [3.05, 3.63) is 42.5 Å². The summed E-state index contributed by atoms with van der Waals surface area (Å²) in [7, 11) is -4.10. The molecule has 0 aliphatic rings. The van der Waals surface area contributed by atoms with Gasteiger partial charge in [0.15, 0.2) is 0 Å². The van der Waals surface area contributed by atoms with Crippen LogP contribution in [0.5, 0.6) is 11.5 Å². The molecule has 0 heterocycles.